The van der Waals surface area contributed by atoms with Gasteiger partial charge in [0.25, 0.3) is 0 Å². The first-order valence-corrected chi connectivity index (χ1v) is 12.8. The van der Waals surface area contributed by atoms with Gasteiger partial charge in [-0.2, -0.15) is 4.31 Å². The molecule has 1 amide bonds. The Morgan fingerprint density at radius 2 is 1.66 bits per heavy atom. The van der Waals surface area contributed by atoms with Crippen molar-refractivity contribution in [1.29, 1.82) is 0 Å². The number of carbonyl (C=O) groups is 1. The van der Waals surface area contributed by atoms with Gasteiger partial charge in [0.1, 0.15) is 0 Å². The molecule has 29 heavy (non-hydrogen) atoms. The van der Waals surface area contributed by atoms with Gasteiger partial charge in [-0.05, 0) is 57.0 Å². The number of likely N-dealkylation sites (N-methyl/N-ethyl adjacent to an activating group) is 1. The molecule has 1 aliphatic heterocycles. The van der Waals surface area contributed by atoms with Crippen molar-refractivity contribution in [2.75, 3.05) is 39.3 Å². The van der Waals surface area contributed by atoms with E-state index in [4.69, 9.17) is 0 Å². The number of hydrogen-bond donors (Lipinski definition) is 2. The lowest BCUT2D eigenvalue weighted by molar-refractivity contribution is -0.122. The third kappa shape index (κ3) is 5.76. The first-order chi connectivity index (χ1) is 13.7. The molecule has 11 heteroatoms. The Bertz CT molecular complexity index is 928. The molecule has 2 N–H and O–H groups in total. The summed E-state index contributed by atoms with van der Waals surface area (Å²) in [4.78, 5) is 13.8. The fourth-order valence-electron chi connectivity index (χ4n) is 3.23. The Labute approximate surface area is 172 Å². The summed E-state index contributed by atoms with van der Waals surface area (Å²) in [6.07, 6.45) is 2.28. The van der Waals surface area contributed by atoms with E-state index in [2.05, 4.69) is 10.0 Å². The lowest BCUT2D eigenvalue weighted by Gasteiger charge is -2.21. The van der Waals surface area contributed by atoms with Crippen LogP contribution >= 0.6 is 0 Å². The minimum atomic E-state index is -3.73. The summed E-state index contributed by atoms with van der Waals surface area (Å²) in [6.45, 7) is 4.42. The van der Waals surface area contributed by atoms with Crippen LogP contribution in [0, 0.1) is 0 Å². The third-order valence-electron chi connectivity index (χ3n) is 4.96. The van der Waals surface area contributed by atoms with E-state index in [9.17, 15) is 21.6 Å². The van der Waals surface area contributed by atoms with E-state index in [0.717, 1.165) is 12.8 Å². The summed E-state index contributed by atoms with van der Waals surface area (Å²) in [5.74, 6) is -0.0691. The van der Waals surface area contributed by atoms with Gasteiger partial charge in [0.05, 0.1) is 16.3 Å². The first kappa shape index (κ1) is 22.2. The molecule has 0 bridgehead atoms. The summed E-state index contributed by atoms with van der Waals surface area (Å²) in [5, 5.41) is 2.75. The minimum absolute atomic E-state index is 0.0112. The van der Waals surface area contributed by atoms with Gasteiger partial charge in [-0.3, -0.25) is 9.69 Å². The normalized spacial score (nSPS) is 19.6. The molecule has 0 radical (unpaired) electrons. The Kier molecular flexibility index (Phi) is 6.94. The van der Waals surface area contributed by atoms with Crippen molar-refractivity contribution in [1.82, 2.24) is 19.2 Å². The molecule has 3 rings (SSSR count). The number of amides is 1. The molecule has 0 aromatic heterocycles. The summed E-state index contributed by atoms with van der Waals surface area (Å²) in [7, 11) is -7.35. The van der Waals surface area contributed by atoms with Crippen LogP contribution in [0.1, 0.15) is 26.2 Å². The van der Waals surface area contributed by atoms with E-state index < -0.39 is 20.0 Å². The van der Waals surface area contributed by atoms with Gasteiger partial charge in [0.15, 0.2) is 0 Å². The Hall–Kier alpha value is -1.53. The molecule has 1 heterocycles. The number of carbonyl (C=O) groups excluding carboxylic acids is 1. The number of nitrogens with one attached hydrogen (secondary N) is 2. The maximum absolute atomic E-state index is 13.0. The van der Waals surface area contributed by atoms with E-state index >= 15 is 0 Å². The second-order valence-electron chi connectivity index (χ2n) is 7.35. The van der Waals surface area contributed by atoms with Crippen molar-refractivity contribution in [2.45, 2.75) is 42.0 Å². The van der Waals surface area contributed by atoms with Crippen LogP contribution in [-0.2, 0) is 24.8 Å². The summed E-state index contributed by atoms with van der Waals surface area (Å²) >= 11 is 0. The van der Waals surface area contributed by atoms with Crippen LogP contribution in [0.25, 0.3) is 0 Å². The maximum atomic E-state index is 13.0. The highest BCUT2D eigenvalue weighted by atomic mass is 32.2. The molecule has 1 aliphatic carbocycles. The molecule has 1 aromatic carbocycles. The largest absolute Gasteiger partial charge is 0.355 e. The average molecular weight is 445 g/mol. The van der Waals surface area contributed by atoms with Gasteiger partial charge >= 0.3 is 0 Å². The number of nitrogens with zero attached hydrogens (tertiary/aromatic N) is 2. The van der Waals surface area contributed by atoms with Crippen LogP contribution in [0.5, 0.6) is 0 Å². The third-order valence-corrected chi connectivity index (χ3v) is 8.41. The molecule has 1 aromatic rings. The maximum Gasteiger partial charge on any atom is 0.243 e. The van der Waals surface area contributed by atoms with Crippen LogP contribution in [0.15, 0.2) is 34.1 Å². The quantitative estimate of drug-likeness (QED) is 0.581. The summed E-state index contributed by atoms with van der Waals surface area (Å²) in [5.41, 5.74) is 0. The molecule has 9 nitrogen and oxygen atoms in total. The zero-order chi connectivity index (χ0) is 21.1. The van der Waals surface area contributed by atoms with Gasteiger partial charge < -0.3 is 5.32 Å². The molecule has 1 saturated heterocycles. The average Bonchev–Trinajstić information content (AvgIpc) is 3.49. The number of benzene rings is 1. The topological polar surface area (TPSA) is 116 Å². The van der Waals surface area contributed by atoms with E-state index in [1.807, 2.05) is 11.8 Å². The Morgan fingerprint density at radius 3 is 2.28 bits per heavy atom. The van der Waals surface area contributed by atoms with Crippen molar-refractivity contribution in [3.63, 3.8) is 0 Å². The van der Waals surface area contributed by atoms with Crippen LogP contribution < -0.4 is 10.0 Å². The van der Waals surface area contributed by atoms with E-state index in [-0.39, 0.29) is 34.8 Å². The SMILES string of the molecule is CCNC(=O)CN1CCCN(S(=O)(=O)c2ccc(S(=O)(=O)NC3CC3)cc2)CC1. The molecule has 162 valence electrons. The standard InChI is InChI=1S/C18H28N4O5S2/c1-2-19-18(23)14-21-10-3-11-22(13-12-21)29(26,27)17-8-6-16(7-9-17)28(24,25)20-15-4-5-15/h6-9,15,20H,2-5,10-14H2,1H3,(H,19,23). The molecular formula is C18H28N4O5S2. The molecule has 0 spiro atoms. The van der Waals surface area contributed by atoms with Crippen LogP contribution in [0.3, 0.4) is 0 Å². The number of hydrogen-bond acceptors (Lipinski definition) is 6. The highest BCUT2D eigenvalue weighted by molar-refractivity contribution is 7.89. The van der Waals surface area contributed by atoms with Crippen molar-refractivity contribution >= 4 is 26.0 Å². The molecule has 2 aliphatic rings. The Morgan fingerprint density at radius 1 is 1.00 bits per heavy atom. The molecule has 2 fully saturated rings. The zero-order valence-corrected chi connectivity index (χ0v) is 18.1. The number of rotatable bonds is 8. The fraction of sp³-hybridized carbons (Fsp3) is 0.611. The van der Waals surface area contributed by atoms with Gasteiger partial charge in [-0.1, -0.05) is 0 Å². The Balaban J connectivity index is 1.66. The fourth-order valence-corrected chi connectivity index (χ4v) is 6.00. The van der Waals surface area contributed by atoms with E-state index in [0.29, 0.717) is 32.6 Å². The van der Waals surface area contributed by atoms with Crippen molar-refractivity contribution < 1.29 is 21.6 Å². The molecule has 1 saturated carbocycles. The monoisotopic (exact) mass is 444 g/mol. The highest BCUT2D eigenvalue weighted by Crippen LogP contribution is 2.24. The van der Waals surface area contributed by atoms with E-state index in [1.165, 1.54) is 28.6 Å². The predicted octanol–water partition coefficient (Wildman–Crippen LogP) is -0.0402. The summed E-state index contributed by atoms with van der Waals surface area (Å²) < 4.78 is 54.5. The van der Waals surface area contributed by atoms with Gasteiger partial charge in [0.2, 0.25) is 26.0 Å². The lowest BCUT2D eigenvalue weighted by atomic mass is 10.4. The second kappa shape index (κ2) is 9.09. The van der Waals surface area contributed by atoms with Gasteiger partial charge in [-0.25, -0.2) is 21.6 Å². The molecule has 0 atom stereocenters. The minimum Gasteiger partial charge on any atom is -0.355 e. The molecule has 0 unspecified atom stereocenters. The van der Waals surface area contributed by atoms with Gasteiger partial charge in [-0.15, -0.1) is 0 Å². The van der Waals surface area contributed by atoms with Crippen molar-refractivity contribution in [3.8, 4) is 0 Å². The second-order valence-corrected chi connectivity index (χ2v) is 11.0. The van der Waals surface area contributed by atoms with Crippen molar-refractivity contribution in [2.24, 2.45) is 0 Å². The van der Waals surface area contributed by atoms with E-state index in [1.54, 1.807) is 0 Å². The lowest BCUT2D eigenvalue weighted by Crippen LogP contribution is -2.40. The molecular weight excluding hydrogens is 416 g/mol. The van der Waals surface area contributed by atoms with Gasteiger partial charge in [0, 0.05) is 32.2 Å². The van der Waals surface area contributed by atoms with Crippen LogP contribution in [0.2, 0.25) is 0 Å². The zero-order valence-electron chi connectivity index (χ0n) is 16.5. The number of sulfonamides is 2. The first-order valence-electron chi connectivity index (χ1n) is 9.84. The predicted molar refractivity (Wildman–Crippen MR) is 108 cm³/mol. The summed E-state index contributed by atoms with van der Waals surface area (Å²) in [6, 6.07) is 5.33. The van der Waals surface area contributed by atoms with Crippen molar-refractivity contribution in [3.05, 3.63) is 24.3 Å². The van der Waals surface area contributed by atoms with Crippen LogP contribution in [-0.4, -0.2) is 77.3 Å². The smallest absolute Gasteiger partial charge is 0.243 e. The highest BCUT2D eigenvalue weighted by Gasteiger charge is 2.30. The van der Waals surface area contributed by atoms with Crippen LogP contribution in [0.4, 0.5) is 0 Å².